The summed E-state index contributed by atoms with van der Waals surface area (Å²) < 4.78 is 0. The summed E-state index contributed by atoms with van der Waals surface area (Å²) >= 11 is 5.82. The van der Waals surface area contributed by atoms with Gasteiger partial charge >= 0.3 is 0 Å². The van der Waals surface area contributed by atoms with Crippen molar-refractivity contribution in [3.8, 4) is 0 Å². The molecule has 5 nitrogen and oxygen atoms in total. The molecular weight excluding hydrogens is 276 g/mol. The van der Waals surface area contributed by atoms with E-state index in [0.29, 0.717) is 16.8 Å². The molecule has 3 rings (SSSR count). The SMILES string of the molecule is CN1CCN2C[C@@H](NC(=O)c3ccnc(Cl)c3)C[C@H]2C1. The number of aromatic nitrogens is 1. The Morgan fingerprint density at radius 2 is 2.30 bits per heavy atom. The summed E-state index contributed by atoms with van der Waals surface area (Å²) in [5.74, 6) is -0.0625. The molecule has 2 fully saturated rings. The van der Waals surface area contributed by atoms with Crippen LogP contribution < -0.4 is 5.32 Å². The van der Waals surface area contributed by atoms with Crippen LogP contribution in [0, 0.1) is 0 Å². The third-order valence-electron chi connectivity index (χ3n) is 4.14. The summed E-state index contributed by atoms with van der Waals surface area (Å²) in [5.41, 5.74) is 0.576. The first kappa shape index (κ1) is 13.8. The van der Waals surface area contributed by atoms with Gasteiger partial charge in [-0.25, -0.2) is 4.98 Å². The quantitative estimate of drug-likeness (QED) is 0.822. The zero-order valence-corrected chi connectivity index (χ0v) is 12.3. The molecule has 2 aliphatic rings. The topological polar surface area (TPSA) is 48.5 Å². The molecule has 2 atom stereocenters. The van der Waals surface area contributed by atoms with Crippen molar-refractivity contribution in [1.82, 2.24) is 20.1 Å². The van der Waals surface area contributed by atoms with Crippen molar-refractivity contribution in [2.24, 2.45) is 0 Å². The van der Waals surface area contributed by atoms with Crippen molar-refractivity contribution >= 4 is 17.5 Å². The lowest BCUT2D eigenvalue weighted by atomic mass is 10.1. The van der Waals surface area contributed by atoms with E-state index in [-0.39, 0.29) is 11.9 Å². The zero-order valence-electron chi connectivity index (χ0n) is 11.6. The molecule has 108 valence electrons. The third kappa shape index (κ3) is 2.95. The minimum absolute atomic E-state index is 0.0625. The van der Waals surface area contributed by atoms with Crippen LogP contribution in [0.2, 0.25) is 5.15 Å². The van der Waals surface area contributed by atoms with Gasteiger partial charge in [0.15, 0.2) is 0 Å². The summed E-state index contributed by atoms with van der Waals surface area (Å²) in [5, 5.41) is 3.46. The second kappa shape index (κ2) is 5.68. The highest BCUT2D eigenvalue weighted by molar-refractivity contribution is 6.29. The number of likely N-dealkylation sites (N-methyl/N-ethyl adjacent to an activating group) is 1. The maximum atomic E-state index is 12.2. The molecule has 0 aliphatic carbocycles. The second-order valence-corrected chi connectivity index (χ2v) is 6.07. The number of carbonyl (C=O) groups is 1. The van der Waals surface area contributed by atoms with E-state index in [2.05, 4.69) is 27.1 Å². The summed E-state index contributed by atoms with van der Waals surface area (Å²) in [6, 6.07) is 4.09. The van der Waals surface area contributed by atoms with Gasteiger partial charge in [-0.1, -0.05) is 11.6 Å². The number of fused-ring (bicyclic) bond motifs is 1. The number of rotatable bonds is 2. The Morgan fingerprint density at radius 3 is 3.10 bits per heavy atom. The van der Waals surface area contributed by atoms with Gasteiger partial charge in [-0.15, -0.1) is 0 Å². The number of carbonyl (C=O) groups excluding carboxylic acids is 1. The van der Waals surface area contributed by atoms with Crippen LogP contribution in [-0.4, -0.2) is 66.0 Å². The van der Waals surface area contributed by atoms with Gasteiger partial charge in [0.05, 0.1) is 0 Å². The fraction of sp³-hybridized carbons (Fsp3) is 0.571. The van der Waals surface area contributed by atoms with E-state index in [9.17, 15) is 4.79 Å². The molecule has 0 spiro atoms. The zero-order chi connectivity index (χ0) is 14.1. The Labute approximate surface area is 123 Å². The first-order valence-electron chi connectivity index (χ1n) is 6.97. The lowest BCUT2D eigenvalue weighted by Gasteiger charge is -2.34. The standard InChI is InChI=1S/C14H19ClN4O/c1-18-4-5-19-8-11(7-12(19)9-18)17-14(20)10-2-3-16-13(15)6-10/h2-3,6,11-12H,4-5,7-9H2,1H3,(H,17,20)/t11-,12-/m0/s1. The molecule has 0 aromatic carbocycles. The highest BCUT2D eigenvalue weighted by Crippen LogP contribution is 2.21. The highest BCUT2D eigenvalue weighted by atomic mass is 35.5. The molecule has 2 aliphatic heterocycles. The van der Waals surface area contributed by atoms with E-state index in [1.54, 1.807) is 18.3 Å². The number of piperazine rings is 1. The molecule has 20 heavy (non-hydrogen) atoms. The molecule has 0 bridgehead atoms. The summed E-state index contributed by atoms with van der Waals surface area (Å²) in [6.45, 7) is 4.24. The van der Waals surface area contributed by atoms with Crippen molar-refractivity contribution in [1.29, 1.82) is 0 Å². The number of hydrogen-bond acceptors (Lipinski definition) is 4. The van der Waals surface area contributed by atoms with Gasteiger partial charge in [0, 0.05) is 50.0 Å². The van der Waals surface area contributed by atoms with Gasteiger partial charge in [0.25, 0.3) is 5.91 Å². The Morgan fingerprint density at radius 1 is 1.45 bits per heavy atom. The molecule has 2 saturated heterocycles. The Kier molecular flexibility index (Phi) is 3.92. The monoisotopic (exact) mass is 294 g/mol. The molecule has 1 aromatic rings. The van der Waals surface area contributed by atoms with Crippen LogP contribution in [0.1, 0.15) is 16.8 Å². The van der Waals surface area contributed by atoms with Gasteiger partial charge in [-0.05, 0) is 25.6 Å². The van der Waals surface area contributed by atoms with E-state index < -0.39 is 0 Å². The van der Waals surface area contributed by atoms with E-state index >= 15 is 0 Å². The number of hydrogen-bond donors (Lipinski definition) is 1. The largest absolute Gasteiger partial charge is 0.348 e. The van der Waals surface area contributed by atoms with Crippen molar-refractivity contribution in [2.45, 2.75) is 18.5 Å². The van der Waals surface area contributed by atoms with Crippen LogP contribution >= 0.6 is 11.6 Å². The Hall–Kier alpha value is -1.17. The average molecular weight is 295 g/mol. The fourth-order valence-corrected chi connectivity index (χ4v) is 3.29. The van der Waals surface area contributed by atoms with Crippen molar-refractivity contribution in [3.05, 3.63) is 29.0 Å². The van der Waals surface area contributed by atoms with Gasteiger partial charge in [-0.2, -0.15) is 0 Å². The minimum atomic E-state index is -0.0625. The van der Waals surface area contributed by atoms with Gasteiger partial charge < -0.3 is 10.2 Å². The van der Waals surface area contributed by atoms with Gasteiger partial charge in [-0.3, -0.25) is 9.69 Å². The molecule has 0 saturated carbocycles. The van der Waals surface area contributed by atoms with Crippen molar-refractivity contribution in [2.75, 3.05) is 33.2 Å². The predicted molar refractivity (Wildman–Crippen MR) is 78.0 cm³/mol. The molecule has 1 amide bonds. The van der Waals surface area contributed by atoms with Crippen molar-refractivity contribution < 1.29 is 4.79 Å². The average Bonchev–Trinajstić information content (AvgIpc) is 2.80. The van der Waals surface area contributed by atoms with E-state index in [1.807, 2.05) is 0 Å². The van der Waals surface area contributed by atoms with Crippen LogP contribution in [0.4, 0.5) is 0 Å². The first-order valence-corrected chi connectivity index (χ1v) is 7.34. The van der Waals surface area contributed by atoms with Crippen LogP contribution in [0.25, 0.3) is 0 Å². The van der Waals surface area contributed by atoms with E-state index in [4.69, 9.17) is 11.6 Å². The van der Waals surface area contributed by atoms with Crippen molar-refractivity contribution in [3.63, 3.8) is 0 Å². The Balaban J connectivity index is 1.60. The van der Waals surface area contributed by atoms with Crippen LogP contribution in [0.3, 0.4) is 0 Å². The molecule has 0 unspecified atom stereocenters. The number of nitrogens with zero attached hydrogens (tertiary/aromatic N) is 3. The van der Waals surface area contributed by atoms with Gasteiger partial charge in [0.1, 0.15) is 5.15 Å². The molecule has 3 heterocycles. The summed E-state index contributed by atoms with van der Waals surface area (Å²) in [6.07, 6.45) is 2.58. The first-order chi connectivity index (χ1) is 9.61. The van der Waals surface area contributed by atoms with E-state index in [1.165, 1.54) is 0 Å². The van der Waals surface area contributed by atoms with E-state index in [0.717, 1.165) is 32.6 Å². The molecular formula is C14H19ClN4O. The van der Waals surface area contributed by atoms with Crippen LogP contribution in [0.15, 0.2) is 18.3 Å². The minimum Gasteiger partial charge on any atom is -0.348 e. The molecule has 1 aromatic heterocycles. The third-order valence-corrected chi connectivity index (χ3v) is 4.35. The Bertz CT molecular complexity index is 510. The normalized spacial score (nSPS) is 27.3. The van der Waals surface area contributed by atoms with Crippen LogP contribution in [-0.2, 0) is 0 Å². The number of nitrogens with one attached hydrogen (secondary N) is 1. The number of pyridine rings is 1. The maximum absolute atomic E-state index is 12.2. The highest BCUT2D eigenvalue weighted by Gasteiger charge is 2.35. The number of halogens is 1. The summed E-state index contributed by atoms with van der Waals surface area (Å²) in [7, 11) is 2.15. The molecule has 0 radical (unpaired) electrons. The lowest BCUT2D eigenvalue weighted by Crippen LogP contribution is -2.48. The fourth-order valence-electron chi connectivity index (χ4n) is 3.12. The smallest absolute Gasteiger partial charge is 0.251 e. The van der Waals surface area contributed by atoms with Crippen LogP contribution in [0.5, 0.6) is 0 Å². The molecule has 6 heteroatoms. The number of amides is 1. The maximum Gasteiger partial charge on any atom is 0.251 e. The lowest BCUT2D eigenvalue weighted by molar-refractivity contribution is 0.0936. The second-order valence-electron chi connectivity index (χ2n) is 5.68. The predicted octanol–water partition coefficient (Wildman–Crippen LogP) is 0.853. The van der Waals surface area contributed by atoms with Gasteiger partial charge in [0.2, 0.25) is 0 Å². The summed E-state index contributed by atoms with van der Waals surface area (Å²) in [4.78, 5) is 20.9. The molecule has 1 N–H and O–H groups in total.